The second-order valence-corrected chi connectivity index (χ2v) is 12.8. The standard InChI is InChI=1S/C28H31ClF3N5O4/c1-26(2,3)21(36-25(41)28(30,31)32)24(40)37-12-17-19(27(17,4)5)20(37)23(39)34-16(11-33)10-14-8-13-9-15(29)6-7-18(13)35-22(14)38/h6-9,16-17,19-21H,10,12H2,1-5H3,(H,34,39)(H,35,38)(H,36,41). The summed E-state index contributed by atoms with van der Waals surface area (Å²) in [5.41, 5.74) is -1.07. The fraction of sp³-hybridized carbons (Fsp3) is 0.536. The molecule has 9 nitrogen and oxygen atoms in total. The number of piperidine rings is 1. The molecule has 1 saturated carbocycles. The van der Waals surface area contributed by atoms with E-state index >= 15 is 0 Å². The van der Waals surface area contributed by atoms with Crippen LogP contribution in [0.5, 0.6) is 0 Å². The van der Waals surface area contributed by atoms with Gasteiger partial charge >= 0.3 is 12.1 Å². The van der Waals surface area contributed by atoms with Crippen LogP contribution in [0.15, 0.2) is 29.1 Å². The van der Waals surface area contributed by atoms with Crippen molar-refractivity contribution in [1.29, 1.82) is 5.26 Å². The van der Waals surface area contributed by atoms with Gasteiger partial charge in [0.05, 0.1) is 6.07 Å². The van der Waals surface area contributed by atoms with Crippen LogP contribution in [0.2, 0.25) is 5.02 Å². The molecule has 2 heterocycles. The Kier molecular flexibility index (Phi) is 7.67. The topological polar surface area (TPSA) is 135 Å². The van der Waals surface area contributed by atoms with Gasteiger partial charge in [0.25, 0.3) is 5.56 Å². The molecule has 3 amide bonds. The first-order chi connectivity index (χ1) is 18.9. The summed E-state index contributed by atoms with van der Waals surface area (Å²) in [6.07, 6.45) is -5.33. The number of pyridine rings is 1. The third-order valence-electron chi connectivity index (χ3n) is 8.19. The number of H-pyrrole nitrogens is 1. The molecule has 2 aromatic rings. The van der Waals surface area contributed by atoms with Crippen molar-refractivity contribution in [2.45, 2.75) is 65.3 Å². The summed E-state index contributed by atoms with van der Waals surface area (Å²) < 4.78 is 39.1. The van der Waals surface area contributed by atoms with E-state index < -0.39 is 53.0 Å². The number of aromatic nitrogens is 1. The van der Waals surface area contributed by atoms with Crippen molar-refractivity contribution in [3.63, 3.8) is 0 Å². The van der Waals surface area contributed by atoms with Gasteiger partial charge in [-0.15, -0.1) is 0 Å². The molecule has 41 heavy (non-hydrogen) atoms. The Balaban J connectivity index is 1.58. The minimum Gasteiger partial charge on any atom is -0.338 e. The highest BCUT2D eigenvalue weighted by Gasteiger charge is 2.70. The summed E-state index contributed by atoms with van der Waals surface area (Å²) in [7, 11) is 0. The molecule has 13 heteroatoms. The lowest BCUT2D eigenvalue weighted by molar-refractivity contribution is -0.176. The lowest BCUT2D eigenvalue weighted by Crippen LogP contribution is -2.61. The Labute approximate surface area is 239 Å². The van der Waals surface area contributed by atoms with Crippen LogP contribution >= 0.6 is 11.6 Å². The maximum Gasteiger partial charge on any atom is 0.471 e. The number of aromatic amines is 1. The van der Waals surface area contributed by atoms with Crippen LogP contribution in [-0.4, -0.2) is 58.5 Å². The van der Waals surface area contributed by atoms with Gasteiger partial charge in [-0.25, -0.2) is 0 Å². The fourth-order valence-electron chi connectivity index (χ4n) is 5.82. The highest BCUT2D eigenvalue weighted by Crippen LogP contribution is 2.65. The van der Waals surface area contributed by atoms with Gasteiger partial charge in [0.2, 0.25) is 11.8 Å². The molecule has 3 N–H and O–H groups in total. The Hall–Kier alpha value is -3.59. The van der Waals surface area contributed by atoms with Crippen molar-refractivity contribution >= 4 is 40.2 Å². The summed E-state index contributed by atoms with van der Waals surface area (Å²) >= 11 is 6.05. The Morgan fingerprint density at radius 2 is 1.85 bits per heavy atom. The molecule has 4 rings (SSSR count). The molecule has 2 aliphatic rings. The van der Waals surface area contributed by atoms with Crippen LogP contribution in [0.3, 0.4) is 0 Å². The third kappa shape index (κ3) is 5.91. The normalized spacial score (nSPS) is 22.8. The number of hydrogen-bond donors (Lipinski definition) is 3. The molecule has 5 unspecified atom stereocenters. The molecule has 0 spiro atoms. The molecule has 1 aromatic heterocycles. The van der Waals surface area contributed by atoms with Gasteiger partial charge in [0.1, 0.15) is 18.1 Å². The molecule has 1 aromatic carbocycles. The van der Waals surface area contributed by atoms with Crippen LogP contribution in [0.4, 0.5) is 13.2 Å². The van der Waals surface area contributed by atoms with Crippen molar-refractivity contribution in [2.75, 3.05) is 6.54 Å². The zero-order chi connectivity index (χ0) is 30.7. The number of fused-ring (bicyclic) bond motifs is 2. The minimum atomic E-state index is -5.19. The number of carbonyl (C=O) groups is 3. The number of nitrogens with one attached hydrogen (secondary N) is 3. The SMILES string of the molecule is CC(C)(C)C(NC(=O)C(F)(F)F)C(=O)N1CC2C(C1C(=O)NC(C#N)Cc1cc3cc(Cl)ccc3[nH]c1=O)C2(C)C. The van der Waals surface area contributed by atoms with E-state index in [0.29, 0.717) is 15.9 Å². The fourth-order valence-corrected chi connectivity index (χ4v) is 6.00. The highest BCUT2D eigenvalue weighted by atomic mass is 35.5. The van der Waals surface area contributed by atoms with Crippen LogP contribution in [0.1, 0.15) is 40.2 Å². The average Bonchev–Trinajstić information content (AvgIpc) is 3.19. The van der Waals surface area contributed by atoms with E-state index in [4.69, 9.17) is 11.6 Å². The second-order valence-electron chi connectivity index (χ2n) is 12.4. The van der Waals surface area contributed by atoms with Crippen molar-refractivity contribution in [3.8, 4) is 6.07 Å². The summed E-state index contributed by atoms with van der Waals surface area (Å²) in [6, 6.07) is 4.72. The van der Waals surface area contributed by atoms with Crippen molar-refractivity contribution in [3.05, 3.63) is 45.2 Å². The first-order valence-corrected chi connectivity index (χ1v) is 13.4. The molecule has 1 saturated heterocycles. The van der Waals surface area contributed by atoms with Gasteiger partial charge in [0, 0.05) is 29.1 Å². The van der Waals surface area contributed by atoms with Gasteiger partial charge < -0.3 is 20.5 Å². The minimum absolute atomic E-state index is 0.0882. The first-order valence-electron chi connectivity index (χ1n) is 13.1. The molecule has 0 radical (unpaired) electrons. The zero-order valence-corrected chi connectivity index (χ0v) is 23.9. The quantitative estimate of drug-likeness (QED) is 0.472. The number of hydrogen-bond acceptors (Lipinski definition) is 5. The number of halogens is 4. The summed E-state index contributed by atoms with van der Waals surface area (Å²) in [4.78, 5) is 55.6. The largest absolute Gasteiger partial charge is 0.471 e. The average molecular weight is 594 g/mol. The van der Waals surface area contributed by atoms with E-state index in [9.17, 15) is 37.6 Å². The Morgan fingerprint density at radius 1 is 1.20 bits per heavy atom. The number of carbonyl (C=O) groups excluding carboxylic acids is 3. The Morgan fingerprint density at radius 3 is 2.44 bits per heavy atom. The maximum absolute atomic E-state index is 13.6. The van der Waals surface area contributed by atoms with E-state index in [1.807, 2.05) is 19.9 Å². The van der Waals surface area contributed by atoms with Crippen LogP contribution < -0.4 is 16.2 Å². The van der Waals surface area contributed by atoms with E-state index in [0.717, 1.165) is 0 Å². The van der Waals surface area contributed by atoms with Crippen LogP contribution in [0.25, 0.3) is 10.9 Å². The smallest absolute Gasteiger partial charge is 0.338 e. The van der Waals surface area contributed by atoms with Crippen molar-refractivity contribution in [2.24, 2.45) is 22.7 Å². The number of likely N-dealkylation sites (tertiary alicyclic amines) is 1. The predicted molar refractivity (Wildman–Crippen MR) is 145 cm³/mol. The number of benzene rings is 1. The lowest BCUT2D eigenvalue weighted by atomic mass is 9.85. The van der Waals surface area contributed by atoms with E-state index in [2.05, 4.69) is 10.3 Å². The van der Waals surface area contributed by atoms with Gasteiger partial charge in [-0.05, 0) is 52.3 Å². The monoisotopic (exact) mass is 593 g/mol. The summed E-state index contributed by atoms with van der Waals surface area (Å²) in [5, 5.41) is 15.3. The van der Waals surface area contributed by atoms with Crippen LogP contribution in [-0.2, 0) is 20.8 Å². The first kappa shape index (κ1) is 30.4. The predicted octanol–water partition coefficient (Wildman–Crippen LogP) is 3.31. The third-order valence-corrected chi connectivity index (χ3v) is 8.42. The number of alkyl halides is 3. The van der Waals surface area contributed by atoms with E-state index in [1.54, 1.807) is 29.6 Å². The number of nitriles is 1. The molecule has 1 aliphatic heterocycles. The highest BCUT2D eigenvalue weighted by molar-refractivity contribution is 6.31. The zero-order valence-electron chi connectivity index (χ0n) is 23.1. The molecular weight excluding hydrogens is 563 g/mol. The van der Waals surface area contributed by atoms with Gasteiger partial charge in [-0.1, -0.05) is 46.2 Å². The van der Waals surface area contributed by atoms with E-state index in [-0.39, 0.29) is 35.8 Å². The van der Waals surface area contributed by atoms with E-state index in [1.165, 1.54) is 25.7 Å². The molecule has 220 valence electrons. The molecular formula is C28H31ClF3N5O4. The maximum atomic E-state index is 13.6. The lowest BCUT2D eigenvalue weighted by Gasteiger charge is -2.37. The summed E-state index contributed by atoms with van der Waals surface area (Å²) in [6.45, 7) is 8.52. The van der Waals surface area contributed by atoms with Gasteiger partial charge in [-0.3, -0.25) is 19.2 Å². The molecule has 2 fully saturated rings. The number of nitrogens with zero attached hydrogens (tertiary/aromatic N) is 2. The molecule has 1 aliphatic carbocycles. The second kappa shape index (κ2) is 10.4. The molecule has 0 bridgehead atoms. The van der Waals surface area contributed by atoms with Crippen LogP contribution in [0, 0.1) is 34.0 Å². The van der Waals surface area contributed by atoms with Gasteiger partial charge in [-0.2, -0.15) is 18.4 Å². The Bertz CT molecular complexity index is 1510. The van der Waals surface area contributed by atoms with Crippen molar-refractivity contribution in [1.82, 2.24) is 20.5 Å². The number of amides is 3. The summed E-state index contributed by atoms with van der Waals surface area (Å²) in [5.74, 6) is -4.10. The molecule has 5 atom stereocenters. The van der Waals surface area contributed by atoms with Crippen molar-refractivity contribution < 1.29 is 27.6 Å². The van der Waals surface area contributed by atoms with Gasteiger partial charge in [0.15, 0.2) is 0 Å². The number of rotatable bonds is 6.